The molecular weight excluding hydrogens is 385 g/mol. The predicted octanol–water partition coefficient (Wildman–Crippen LogP) is 3.74. The summed E-state index contributed by atoms with van der Waals surface area (Å²) in [6.07, 6.45) is 1.92. The van der Waals surface area contributed by atoms with E-state index >= 15 is 0 Å². The Balaban J connectivity index is 1.31. The molecule has 2 aromatic rings. The van der Waals surface area contributed by atoms with Gasteiger partial charge in [-0.25, -0.2) is 4.98 Å². The molecule has 0 N–H and O–H groups in total. The standard InChI is InChI=1S/C20H21Cl2N3O2/c1-20(27-13-26)11-24(12-20)8-14-5-6-18(23-7-14)25-9-15(10-25)19-16(21)3-2-4-17(19)22/h2-7,13,15H,8-12H2,1H3. The molecule has 27 heavy (non-hydrogen) atoms. The van der Waals surface area contributed by atoms with Crippen LogP contribution < -0.4 is 4.90 Å². The van der Waals surface area contributed by atoms with E-state index in [1.807, 2.05) is 31.3 Å². The maximum atomic E-state index is 10.5. The third kappa shape index (κ3) is 3.77. The summed E-state index contributed by atoms with van der Waals surface area (Å²) in [6, 6.07) is 9.81. The second-order valence-electron chi connectivity index (χ2n) is 7.57. The summed E-state index contributed by atoms with van der Waals surface area (Å²) < 4.78 is 5.11. The van der Waals surface area contributed by atoms with Gasteiger partial charge >= 0.3 is 0 Å². The van der Waals surface area contributed by atoms with E-state index in [9.17, 15) is 4.79 Å². The van der Waals surface area contributed by atoms with Gasteiger partial charge in [0.05, 0.1) is 0 Å². The number of benzene rings is 1. The Morgan fingerprint density at radius 1 is 1.22 bits per heavy atom. The maximum Gasteiger partial charge on any atom is 0.293 e. The number of anilines is 1. The molecule has 1 aromatic carbocycles. The zero-order valence-electron chi connectivity index (χ0n) is 15.1. The fraction of sp³-hybridized carbons (Fsp3) is 0.400. The maximum absolute atomic E-state index is 10.5. The minimum atomic E-state index is -0.345. The number of ether oxygens (including phenoxy) is 1. The van der Waals surface area contributed by atoms with Gasteiger partial charge in [0.2, 0.25) is 0 Å². The monoisotopic (exact) mass is 405 g/mol. The molecular formula is C20H21Cl2N3O2. The van der Waals surface area contributed by atoms with Gasteiger partial charge in [0.15, 0.2) is 0 Å². The molecule has 142 valence electrons. The van der Waals surface area contributed by atoms with Gasteiger partial charge in [-0.05, 0) is 36.2 Å². The molecule has 0 saturated carbocycles. The average molecular weight is 406 g/mol. The summed E-state index contributed by atoms with van der Waals surface area (Å²) >= 11 is 12.6. The smallest absolute Gasteiger partial charge is 0.293 e. The van der Waals surface area contributed by atoms with E-state index in [4.69, 9.17) is 27.9 Å². The summed E-state index contributed by atoms with van der Waals surface area (Å²) in [5.74, 6) is 1.31. The zero-order valence-corrected chi connectivity index (χ0v) is 16.6. The summed E-state index contributed by atoms with van der Waals surface area (Å²) in [4.78, 5) is 19.6. The van der Waals surface area contributed by atoms with Crippen LogP contribution in [-0.2, 0) is 16.1 Å². The van der Waals surface area contributed by atoms with Crippen LogP contribution in [0.1, 0.15) is 24.0 Å². The lowest BCUT2D eigenvalue weighted by molar-refractivity contribution is -0.161. The number of halogens is 2. The van der Waals surface area contributed by atoms with Crippen LogP contribution in [0.2, 0.25) is 10.0 Å². The molecule has 0 aliphatic carbocycles. The van der Waals surface area contributed by atoms with Gasteiger partial charge in [0.1, 0.15) is 11.4 Å². The van der Waals surface area contributed by atoms with Crippen molar-refractivity contribution in [2.24, 2.45) is 0 Å². The average Bonchev–Trinajstić information content (AvgIpc) is 2.56. The first-order valence-electron chi connectivity index (χ1n) is 8.95. The van der Waals surface area contributed by atoms with Gasteiger partial charge in [-0.15, -0.1) is 0 Å². The van der Waals surface area contributed by atoms with Crippen LogP contribution >= 0.6 is 23.2 Å². The van der Waals surface area contributed by atoms with Crippen LogP contribution in [0, 0.1) is 0 Å². The summed E-state index contributed by atoms with van der Waals surface area (Å²) in [7, 11) is 0. The molecule has 2 fully saturated rings. The highest BCUT2D eigenvalue weighted by atomic mass is 35.5. The van der Waals surface area contributed by atoms with Crippen LogP contribution in [0.4, 0.5) is 5.82 Å². The number of likely N-dealkylation sites (tertiary alicyclic amines) is 1. The topological polar surface area (TPSA) is 45.7 Å². The highest BCUT2D eigenvalue weighted by Crippen LogP contribution is 2.38. The summed E-state index contributed by atoms with van der Waals surface area (Å²) in [5, 5.41) is 1.46. The normalized spacial score (nSPS) is 19.3. The fourth-order valence-corrected chi connectivity index (χ4v) is 4.61. The number of hydrogen-bond acceptors (Lipinski definition) is 5. The van der Waals surface area contributed by atoms with Crippen molar-refractivity contribution in [3.63, 3.8) is 0 Å². The number of pyridine rings is 1. The van der Waals surface area contributed by atoms with E-state index in [1.165, 1.54) is 0 Å². The highest BCUT2D eigenvalue weighted by molar-refractivity contribution is 6.36. The first kappa shape index (κ1) is 18.5. The summed E-state index contributed by atoms with van der Waals surface area (Å²) in [5.41, 5.74) is 1.84. The minimum Gasteiger partial charge on any atom is -0.459 e. The second kappa shape index (κ2) is 7.30. The number of rotatable bonds is 6. The van der Waals surface area contributed by atoms with Crippen molar-refractivity contribution < 1.29 is 9.53 Å². The van der Waals surface area contributed by atoms with Gasteiger partial charge in [0.25, 0.3) is 6.47 Å². The Labute approximate surface area is 168 Å². The Morgan fingerprint density at radius 2 is 1.93 bits per heavy atom. The predicted molar refractivity (Wildman–Crippen MR) is 106 cm³/mol. The first-order chi connectivity index (χ1) is 13.0. The third-order valence-corrected chi connectivity index (χ3v) is 5.94. The van der Waals surface area contributed by atoms with Crippen molar-refractivity contribution >= 4 is 35.5 Å². The van der Waals surface area contributed by atoms with E-state index in [0.717, 1.165) is 59.7 Å². The van der Waals surface area contributed by atoms with Crippen LogP contribution in [0.3, 0.4) is 0 Å². The Morgan fingerprint density at radius 3 is 2.52 bits per heavy atom. The molecule has 2 saturated heterocycles. The molecule has 2 aliphatic heterocycles. The lowest BCUT2D eigenvalue weighted by Gasteiger charge is -2.46. The largest absolute Gasteiger partial charge is 0.459 e. The summed E-state index contributed by atoms with van der Waals surface area (Å²) in [6.45, 7) is 6.52. The molecule has 2 aliphatic rings. The van der Waals surface area contributed by atoms with E-state index in [2.05, 4.69) is 26.9 Å². The molecule has 7 heteroatoms. The number of nitrogens with zero attached hydrogens (tertiary/aromatic N) is 3. The van der Waals surface area contributed by atoms with Gasteiger partial charge < -0.3 is 9.64 Å². The number of carbonyl (C=O) groups is 1. The van der Waals surface area contributed by atoms with Gasteiger partial charge in [-0.1, -0.05) is 35.3 Å². The van der Waals surface area contributed by atoms with E-state index in [0.29, 0.717) is 12.4 Å². The van der Waals surface area contributed by atoms with Gasteiger partial charge in [-0.2, -0.15) is 0 Å². The highest BCUT2D eigenvalue weighted by Gasteiger charge is 2.40. The first-order valence-corrected chi connectivity index (χ1v) is 9.71. The lowest BCUT2D eigenvalue weighted by Crippen LogP contribution is -2.60. The van der Waals surface area contributed by atoms with Crippen LogP contribution in [0.15, 0.2) is 36.5 Å². The van der Waals surface area contributed by atoms with Gasteiger partial charge in [-0.3, -0.25) is 9.69 Å². The molecule has 3 heterocycles. The van der Waals surface area contributed by atoms with Crippen molar-refractivity contribution in [3.05, 3.63) is 57.7 Å². The molecule has 4 rings (SSSR count). The minimum absolute atomic E-state index is 0.337. The Kier molecular flexibility index (Phi) is 5.01. The molecule has 0 radical (unpaired) electrons. The molecule has 1 aromatic heterocycles. The molecule has 0 unspecified atom stereocenters. The van der Waals surface area contributed by atoms with E-state index < -0.39 is 0 Å². The quantitative estimate of drug-likeness (QED) is 0.684. The van der Waals surface area contributed by atoms with E-state index in [1.54, 1.807) is 0 Å². The molecule has 0 spiro atoms. The van der Waals surface area contributed by atoms with Crippen molar-refractivity contribution in [2.45, 2.75) is 25.0 Å². The van der Waals surface area contributed by atoms with Crippen LogP contribution in [-0.4, -0.2) is 48.1 Å². The van der Waals surface area contributed by atoms with Crippen molar-refractivity contribution in [1.82, 2.24) is 9.88 Å². The van der Waals surface area contributed by atoms with E-state index in [-0.39, 0.29) is 5.60 Å². The number of carbonyl (C=O) groups excluding carboxylic acids is 1. The number of hydrogen-bond donors (Lipinski definition) is 0. The lowest BCUT2D eigenvalue weighted by atomic mass is 9.91. The van der Waals surface area contributed by atoms with Crippen molar-refractivity contribution in [2.75, 3.05) is 31.1 Å². The molecule has 0 atom stereocenters. The van der Waals surface area contributed by atoms with Crippen molar-refractivity contribution in [1.29, 1.82) is 0 Å². The van der Waals surface area contributed by atoms with Crippen molar-refractivity contribution in [3.8, 4) is 0 Å². The Hall–Kier alpha value is -1.82. The van der Waals surface area contributed by atoms with Crippen LogP contribution in [0.25, 0.3) is 0 Å². The van der Waals surface area contributed by atoms with Crippen LogP contribution in [0.5, 0.6) is 0 Å². The molecule has 0 bridgehead atoms. The Bertz CT molecular complexity index is 811. The molecule has 5 nitrogen and oxygen atoms in total. The SMILES string of the molecule is CC1(OC=O)CN(Cc2ccc(N3CC(c4c(Cl)cccc4Cl)C3)nc2)C1. The van der Waals surface area contributed by atoms with Gasteiger partial charge in [0, 0.05) is 54.9 Å². The number of aromatic nitrogens is 1. The fourth-order valence-electron chi connectivity index (χ4n) is 3.91. The third-order valence-electron chi connectivity index (χ3n) is 5.28. The zero-order chi connectivity index (χ0) is 19.0. The molecule has 0 amide bonds. The second-order valence-corrected chi connectivity index (χ2v) is 8.39.